The molecule has 0 aliphatic carbocycles. The SMILES string of the molecule is Cc1nsc(C(F)(F)C(F)(F)F)c1C. The number of alkyl halides is 5. The minimum Gasteiger partial charge on any atom is -0.197 e. The molecular weight excluding hydrogens is 225 g/mol. The van der Waals surface area contributed by atoms with Crippen LogP contribution in [0.5, 0.6) is 0 Å². The van der Waals surface area contributed by atoms with Crippen LogP contribution >= 0.6 is 11.5 Å². The first kappa shape index (κ1) is 11.4. The van der Waals surface area contributed by atoms with Crippen molar-refractivity contribution in [3.8, 4) is 0 Å². The molecule has 0 spiro atoms. The molecule has 0 aliphatic heterocycles. The Morgan fingerprint density at radius 2 is 1.57 bits per heavy atom. The number of aryl methyl sites for hydroxylation is 1. The lowest BCUT2D eigenvalue weighted by Gasteiger charge is -2.18. The van der Waals surface area contributed by atoms with Crippen molar-refractivity contribution in [2.24, 2.45) is 0 Å². The highest BCUT2D eigenvalue weighted by Crippen LogP contribution is 2.46. The molecule has 0 atom stereocenters. The van der Waals surface area contributed by atoms with Crippen molar-refractivity contribution in [2.45, 2.75) is 25.9 Å². The molecule has 0 saturated carbocycles. The van der Waals surface area contributed by atoms with E-state index >= 15 is 0 Å². The summed E-state index contributed by atoms with van der Waals surface area (Å²) in [7, 11) is 0. The van der Waals surface area contributed by atoms with Gasteiger partial charge in [-0.15, -0.1) is 0 Å². The second-order valence-electron chi connectivity index (χ2n) is 2.79. The van der Waals surface area contributed by atoms with Gasteiger partial charge in [-0.05, 0) is 30.9 Å². The molecule has 80 valence electrons. The fourth-order valence-electron chi connectivity index (χ4n) is 0.837. The predicted molar refractivity (Wildman–Crippen MR) is 41.5 cm³/mol. The summed E-state index contributed by atoms with van der Waals surface area (Å²) < 4.78 is 64.8. The van der Waals surface area contributed by atoms with Crippen molar-refractivity contribution >= 4 is 11.5 Å². The maximum Gasteiger partial charge on any atom is 0.459 e. The Bertz CT molecular complexity index is 340. The Kier molecular flexibility index (Phi) is 2.55. The lowest BCUT2D eigenvalue weighted by molar-refractivity contribution is -0.288. The molecule has 0 saturated heterocycles. The minimum absolute atomic E-state index is 0.0997. The molecule has 1 nitrogen and oxygen atoms in total. The Hall–Kier alpha value is -0.720. The number of rotatable bonds is 1. The lowest BCUT2D eigenvalue weighted by Crippen LogP contribution is -2.33. The number of aromatic nitrogens is 1. The molecule has 0 N–H and O–H groups in total. The number of nitrogens with zero attached hydrogens (tertiary/aromatic N) is 1. The van der Waals surface area contributed by atoms with E-state index in [1.165, 1.54) is 13.8 Å². The standard InChI is InChI=1S/C7H6F5NS/c1-3-4(2)13-14-5(3)6(8,9)7(10,11)12/h1-2H3. The second kappa shape index (κ2) is 3.15. The highest BCUT2D eigenvalue weighted by Gasteiger charge is 2.60. The topological polar surface area (TPSA) is 12.9 Å². The zero-order chi connectivity index (χ0) is 11.1. The van der Waals surface area contributed by atoms with Crippen LogP contribution in [0.3, 0.4) is 0 Å². The molecule has 0 bridgehead atoms. The zero-order valence-corrected chi connectivity index (χ0v) is 8.06. The van der Waals surface area contributed by atoms with E-state index in [4.69, 9.17) is 0 Å². The van der Waals surface area contributed by atoms with E-state index in [1.54, 1.807) is 0 Å². The normalized spacial score (nSPS) is 13.4. The Morgan fingerprint density at radius 3 is 1.86 bits per heavy atom. The van der Waals surface area contributed by atoms with Gasteiger partial charge in [-0.3, -0.25) is 0 Å². The number of hydrogen-bond donors (Lipinski definition) is 0. The van der Waals surface area contributed by atoms with Crippen molar-refractivity contribution in [2.75, 3.05) is 0 Å². The van der Waals surface area contributed by atoms with Gasteiger partial charge < -0.3 is 0 Å². The second-order valence-corrected chi connectivity index (χ2v) is 3.57. The van der Waals surface area contributed by atoms with E-state index in [2.05, 4.69) is 4.37 Å². The van der Waals surface area contributed by atoms with Gasteiger partial charge in [-0.25, -0.2) is 0 Å². The molecule has 7 heteroatoms. The number of hydrogen-bond acceptors (Lipinski definition) is 2. The van der Waals surface area contributed by atoms with Crippen LogP contribution in [0.25, 0.3) is 0 Å². The zero-order valence-electron chi connectivity index (χ0n) is 7.25. The van der Waals surface area contributed by atoms with Crippen molar-refractivity contribution < 1.29 is 22.0 Å². The van der Waals surface area contributed by atoms with Crippen LogP contribution in [-0.2, 0) is 5.92 Å². The van der Waals surface area contributed by atoms with Gasteiger partial charge in [0, 0.05) is 0 Å². The quantitative estimate of drug-likeness (QED) is 0.675. The fourth-order valence-corrected chi connectivity index (χ4v) is 1.72. The van der Waals surface area contributed by atoms with Gasteiger partial charge in [0.25, 0.3) is 0 Å². The van der Waals surface area contributed by atoms with Gasteiger partial charge in [0.15, 0.2) is 0 Å². The molecule has 0 amide bonds. The summed E-state index contributed by atoms with van der Waals surface area (Å²) in [6.45, 7) is 2.59. The molecule has 0 aromatic carbocycles. The van der Waals surface area contributed by atoms with Crippen LogP contribution in [0, 0.1) is 13.8 Å². The van der Waals surface area contributed by atoms with Crippen LogP contribution in [0.15, 0.2) is 0 Å². The molecule has 1 rings (SSSR count). The average Bonchev–Trinajstić information content (AvgIpc) is 2.30. The highest BCUT2D eigenvalue weighted by atomic mass is 32.1. The first-order valence-electron chi connectivity index (χ1n) is 3.56. The average molecular weight is 231 g/mol. The van der Waals surface area contributed by atoms with Crippen molar-refractivity contribution in [3.05, 3.63) is 16.1 Å². The van der Waals surface area contributed by atoms with Gasteiger partial charge in [0.05, 0.1) is 5.69 Å². The van der Waals surface area contributed by atoms with E-state index in [-0.39, 0.29) is 22.8 Å². The summed E-state index contributed by atoms with van der Waals surface area (Å²) in [6, 6.07) is 0. The highest BCUT2D eigenvalue weighted by molar-refractivity contribution is 7.06. The fraction of sp³-hybridized carbons (Fsp3) is 0.571. The summed E-state index contributed by atoms with van der Waals surface area (Å²) in [6.07, 6.45) is -5.56. The third kappa shape index (κ3) is 1.60. The third-order valence-electron chi connectivity index (χ3n) is 1.80. The molecule has 0 radical (unpaired) electrons. The van der Waals surface area contributed by atoms with Crippen LogP contribution in [0.4, 0.5) is 22.0 Å². The van der Waals surface area contributed by atoms with Gasteiger partial charge >= 0.3 is 12.1 Å². The lowest BCUT2D eigenvalue weighted by atomic mass is 10.1. The van der Waals surface area contributed by atoms with E-state index in [1.807, 2.05) is 0 Å². The molecule has 1 aromatic rings. The first-order chi connectivity index (χ1) is 6.18. The molecular formula is C7H6F5NS. The first-order valence-corrected chi connectivity index (χ1v) is 4.33. The molecule has 0 fully saturated rings. The maximum atomic E-state index is 12.8. The van der Waals surface area contributed by atoms with Gasteiger partial charge in [0.1, 0.15) is 4.88 Å². The molecule has 1 aromatic heterocycles. The minimum atomic E-state index is -5.56. The van der Waals surface area contributed by atoms with Gasteiger partial charge in [-0.1, -0.05) is 0 Å². The summed E-state index contributed by atoms with van der Waals surface area (Å²) in [5.74, 6) is -4.80. The summed E-state index contributed by atoms with van der Waals surface area (Å²) >= 11 is 0.190. The van der Waals surface area contributed by atoms with Gasteiger partial charge in [0.2, 0.25) is 0 Å². The molecule has 0 aliphatic rings. The van der Waals surface area contributed by atoms with Crippen molar-refractivity contribution in [3.63, 3.8) is 0 Å². The largest absolute Gasteiger partial charge is 0.459 e. The number of halogens is 5. The van der Waals surface area contributed by atoms with Gasteiger partial charge in [-0.2, -0.15) is 26.3 Å². The monoisotopic (exact) mass is 231 g/mol. The molecule has 14 heavy (non-hydrogen) atoms. The van der Waals surface area contributed by atoms with Crippen molar-refractivity contribution in [1.82, 2.24) is 4.37 Å². The smallest absolute Gasteiger partial charge is 0.197 e. The maximum absolute atomic E-state index is 12.8. The van der Waals surface area contributed by atoms with E-state index in [0.29, 0.717) is 0 Å². The Labute approximate surface area is 80.7 Å². The summed E-state index contributed by atoms with van der Waals surface area (Å²) in [5, 5.41) is 0. The summed E-state index contributed by atoms with van der Waals surface area (Å²) in [4.78, 5) is -1.03. The summed E-state index contributed by atoms with van der Waals surface area (Å²) in [5.41, 5.74) is 0.103. The Morgan fingerprint density at radius 1 is 1.07 bits per heavy atom. The molecule has 1 heterocycles. The van der Waals surface area contributed by atoms with Crippen LogP contribution in [-0.4, -0.2) is 10.5 Å². The Balaban J connectivity index is 3.23. The van der Waals surface area contributed by atoms with E-state index in [9.17, 15) is 22.0 Å². The van der Waals surface area contributed by atoms with Crippen LogP contribution < -0.4 is 0 Å². The van der Waals surface area contributed by atoms with Crippen molar-refractivity contribution in [1.29, 1.82) is 0 Å². The van der Waals surface area contributed by atoms with E-state index < -0.39 is 17.0 Å². The van der Waals surface area contributed by atoms with E-state index in [0.717, 1.165) is 0 Å². The predicted octanol–water partition coefficient (Wildman–Crippen LogP) is 3.41. The van der Waals surface area contributed by atoms with Crippen LogP contribution in [0.2, 0.25) is 0 Å². The molecule has 0 unspecified atom stereocenters. The van der Waals surface area contributed by atoms with Crippen LogP contribution in [0.1, 0.15) is 16.1 Å². The third-order valence-corrected chi connectivity index (χ3v) is 2.91.